The van der Waals surface area contributed by atoms with E-state index >= 15 is 0 Å². The second-order valence-electron chi connectivity index (χ2n) is 3.27. The zero-order chi connectivity index (χ0) is 12.8. The third-order valence-corrected chi connectivity index (χ3v) is 1.96. The molecule has 0 aliphatic carbocycles. The van der Waals surface area contributed by atoms with E-state index in [-0.39, 0.29) is 18.1 Å². The summed E-state index contributed by atoms with van der Waals surface area (Å²) < 4.78 is 4.79. The van der Waals surface area contributed by atoms with Crippen LogP contribution in [0.2, 0.25) is 0 Å². The zero-order valence-corrected chi connectivity index (χ0v) is 9.54. The summed E-state index contributed by atoms with van der Waals surface area (Å²) in [6.45, 7) is 3.59. The van der Waals surface area contributed by atoms with Gasteiger partial charge in [-0.2, -0.15) is 0 Å². The number of anilines is 1. The Bertz CT molecular complexity index is 422. The SMILES string of the molecule is CCOC(=O)C(C)Nc1cc([N+](=O)[O-])ccn1. The normalized spacial score (nSPS) is 11.6. The van der Waals surface area contributed by atoms with Crippen LogP contribution in [0.15, 0.2) is 18.3 Å². The van der Waals surface area contributed by atoms with Gasteiger partial charge in [0.1, 0.15) is 11.9 Å². The highest BCUT2D eigenvalue weighted by atomic mass is 16.6. The number of pyridine rings is 1. The van der Waals surface area contributed by atoms with Crippen LogP contribution in [-0.2, 0) is 9.53 Å². The van der Waals surface area contributed by atoms with E-state index in [0.29, 0.717) is 0 Å². The lowest BCUT2D eigenvalue weighted by atomic mass is 10.3. The first kappa shape index (κ1) is 12.9. The van der Waals surface area contributed by atoms with E-state index in [9.17, 15) is 14.9 Å². The molecule has 0 fully saturated rings. The molecular weight excluding hydrogens is 226 g/mol. The largest absolute Gasteiger partial charge is 0.464 e. The van der Waals surface area contributed by atoms with Gasteiger partial charge in [-0.05, 0) is 13.8 Å². The van der Waals surface area contributed by atoms with Crippen molar-refractivity contribution < 1.29 is 14.5 Å². The minimum atomic E-state index is -0.607. The quantitative estimate of drug-likeness (QED) is 0.473. The molecule has 7 nitrogen and oxygen atoms in total. The monoisotopic (exact) mass is 239 g/mol. The number of carbonyl (C=O) groups is 1. The molecule has 1 atom stereocenters. The molecular formula is C10H13N3O4. The predicted molar refractivity (Wildman–Crippen MR) is 60.6 cm³/mol. The van der Waals surface area contributed by atoms with Crippen molar-refractivity contribution in [1.29, 1.82) is 0 Å². The number of nitrogens with one attached hydrogen (secondary N) is 1. The standard InChI is InChI=1S/C10H13N3O4/c1-3-17-10(14)7(2)12-9-6-8(13(15)16)4-5-11-9/h4-7H,3H2,1-2H3,(H,11,12). The maximum atomic E-state index is 11.3. The topological polar surface area (TPSA) is 94.4 Å². The van der Waals surface area contributed by atoms with Gasteiger partial charge < -0.3 is 10.1 Å². The fourth-order valence-corrected chi connectivity index (χ4v) is 1.16. The molecule has 1 aromatic rings. The van der Waals surface area contributed by atoms with Crippen molar-refractivity contribution in [3.63, 3.8) is 0 Å². The van der Waals surface area contributed by atoms with Crippen molar-refractivity contribution in [1.82, 2.24) is 4.98 Å². The lowest BCUT2D eigenvalue weighted by molar-refractivity contribution is -0.384. The summed E-state index contributed by atoms with van der Waals surface area (Å²) in [5.74, 6) is -0.166. The van der Waals surface area contributed by atoms with Gasteiger partial charge in [-0.3, -0.25) is 10.1 Å². The molecule has 1 rings (SSSR count). The number of carbonyl (C=O) groups excluding carboxylic acids is 1. The Morgan fingerprint density at radius 3 is 3.00 bits per heavy atom. The molecule has 0 aliphatic heterocycles. The van der Waals surface area contributed by atoms with Crippen molar-refractivity contribution >= 4 is 17.5 Å². The fourth-order valence-electron chi connectivity index (χ4n) is 1.16. The second kappa shape index (κ2) is 5.78. The van der Waals surface area contributed by atoms with Crippen LogP contribution >= 0.6 is 0 Å². The summed E-state index contributed by atoms with van der Waals surface area (Å²) in [7, 11) is 0. The van der Waals surface area contributed by atoms with E-state index in [0.717, 1.165) is 0 Å². The van der Waals surface area contributed by atoms with Gasteiger partial charge in [-0.1, -0.05) is 0 Å². The first-order valence-corrected chi connectivity index (χ1v) is 5.08. The van der Waals surface area contributed by atoms with Gasteiger partial charge in [0.25, 0.3) is 5.69 Å². The molecule has 0 spiro atoms. The molecule has 0 radical (unpaired) electrons. The van der Waals surface area contributed by atoms with Gasteiger partial charge >= 0.3 is 5.97 Å². The zero-order valence-electron chi connectivity index (χ0n) is 9.54. The van der Waals surface area contributed by atoms with E-state index < -0.39 is 16.9 Å². The molecule has 1 N–H and O–H groups in total. The first-order valence-electron chi connectivity index (χ1n) is 5.08. The van der Waals surface area contributed by atoms with Gasteiger partial charge in [0.05, 0.1) is 17.6 Å². The summed E-state index contributed by atoms with van der Waals surface area (Å²) in [4.78, 5) is 25.2. The van der Waals surface area contributed by atoms with Gasteiger partial charge in [0, 0.05) is 12.3 Å². The molecule has 0 amide bonds. The third-order valence-electron chi connectivity index (χ3n) is 1.96. The van der Waals surface area contributed by atoms with Gasteiger partial charge in [0.15, 0.2) is 0 Å². The van der Waals surface area contributed by atoms with Crippen molar-refractivity contribution in [3.05, 3.63) is 28.4 Å². The Hall–Kier alpha value is -2.18. The van der Waals surface area contributed by atoms with Crippen molar-refractivity contribution in [2.45, 2.75) is 19.9 Å². The molecule has 0 saturated carbocycles. The number of aromatic nitrogens is 1. The molecule has 7 heteroatoms. The highest BCUT2D eigenvalue weighted by Crippen LogP contribution is 2.14. The maximum absolute atomic E-state index is 11.3. The number of hydrogen-bond donors (Lipinski definition) is 1. The van der Waals surface area contributed by atoms with E-state index in [1.165, 1.54) is 18.3 Å². The average Bonchev–Trinajstić information content (AvgIpc) is 2.29. The summed E-state index contributed by atoms with van der Waals surface area (Å²) in [5.41, 5.74) is -0.0847. The third kappa shape index (κ3) is 3.71. The van der Waals surface area contributed by atoms with Crippen LogP contribution in [0, 0.1) is 10.1 Å². The van der Waals surface area contributed by atoms with Gasteiger partial charge in [0.2, 0.25) is 0 Å². The van der Waals surface area contributed by atoms with Crippen molar-refractivity contribution in [3.8, 4) is 0 Å². The Labute approximate surface area is 98.0 Å². The highest BCUT2D eigenvalue weighted by molar-refractivity contribution is 5.78. The van der Waals surface area contributed by atoms with Crippen LogP contribution in [0.4, 0.5) is 11.5 Å². The van der Waals surface area contributed by atoms with Crippen molar-refractivity contribution in [2.75, 3.05) is 11.9 Å². The Balaban J connectivity index is 2.71. The van der Waals surface area contributed by atoms with Crippen LogP contribution in [0.25, 0.3) is 0 Å². The number of ether oxygens (including phenoxy) is 1. The molecule has 0 bridgehead atoms. The van der Waals surface area contributed by atoms with Crippen molar-refractivity contribution in [2.24, 2.45) is 0 Å². The van der Waals surface area contributed by atoms with Gasteiger partial charge in [-0.25, -0.2) is 9.78 Å². The molecule has 1 heterocycles. The maximum Gasteiger partial charge on any atom is 0.328 e. The summed E-state index contributed by atoms with van der Waals surface area (Å²) in [6.07, 6.45) is 1.30. The van der Waals surface area contributed by atoms with E-state index in [1.54, 1.807) is 13.8 Å². The van der Waals surface area contributed by atoms with E-state index in [2.05, 4.69) is 10.3 Å². The average molecular weight is 239 g/mol. The smallest absolute Gasteiger partial charge is 0.328 e. The Morgan fingerprint density at radius 2 is 2.41 bits per heavy atom. The molecule has 0 saturated heterocycles. The lowest BCUT2D eigenvalue weighted by Crippen LogP contribution is -2.28. The number of nitro groups is 1. The Kier molecular flexibility index (Phi) is 4.38. The molecule has 0 aliphatic rings. The minimum absolute atomic E-state index is 0.0847. The Morgan fingerprint density at radius 1 is 1.71 bits per heavy atom. The van der Waals surface area contributed by atoms with Crippen LogP contribution in [0.1, 0.15) is 13.8 Å². The summed E-state index contributed by atoms with van der Waals surface area (Å²) in [5, 5.41) is 13.3. The summed E-state index contributed by atoms with van der Waals surface area (Å²) in [6, 6.07) is 1.93. The van der Waals surface area contributed by atoms with Crippen LogP contribution in [0.5, 0.6) is 0 Å². The highest BCUT2D eigenvalue weighted by Gasteiger charge is 2.15. The fraction of sp³-hybridized carbons (Fsp3) is 0.400. The minimum Gasteiger partial charge on any atom is -0.464 e. The second-order valence-corrected chi connectivity index (χ2v) is 3.27. The molecule has 1 aromatic heterocycles. The van der Waals surface area contributed by atoms with Crippen LogP contribution < -0.4 is 5.32 Å². The van der Waals surface area contributed by atoms with Crippen LogP contribution in [0.3, 0.4) is 0 Å². The number of rotatable bonds is 5. The number of nitrogens with zero attached hydrogens (tertiary/aromatic N) is 2. The van der Waals surface area contributed by atoms with Gasteiger partial charge in [-0.15, -0.1) is 0 Å². The lowest BCUT2D eigenvalue weighted by Gasteiger charge is -2.12. The van der Waals surface area contributed by atoms with E-state index in [1.807, 2.05) is 0 Å². The van der Waals surface area contributed by atoms with Crippen LogP contribution in [-0.4, -0.2) is 28.5 Å². The van der Waals surface area contributed by atoms with E-state index in [4.69, 9.17) is 4.74 Å². The first-order chi connectivity index (χ1) is 8.04. The summed E-state index contributed by atoms with van der Waals surface area (Å²) >= 11 is 0. The number of esters is 1. The number of hydrogen-bond acceptors (Lipinski definition) is 6. The molecule has 92 valence electrons. The molecule has 17 heavy (non-hydrogen) atoms. The molecule has 0 aromatic carbocycles. The predicted octanol–water partition coefficient (Wildman–Crippen LogP) is 1.35. The molecule has 1 unspecified atom stereocenters.